The summed E-state index contributed by atoms with van der Waals surface area (Å²) in [6, 6.07) is 10.1. The van der Waals surface area contributed by atoms with E-state index < -0.39 is 16.1 Å². The predicted octanol–water partition coefficient (Wildman–Crippen LogP) is 4.15. The van der Waals surface area contributed by atoms with Crippen LogP contribution in [0.15, 0.2) is 40.6 Å². The summed E-state index contributed by atoms with van der Waals surface area (Å²) < 4.78 is 29.4. The summed E-state index contributed by atoms with van der Waals surface area (Å²) >= 11 is 8.45. The van der Waals surface area contributed by atoms with Gasteiger partial charge in [0.25, 0.3) is 10.0 Å². The largest absolute Gasteiger partial charge is 0.309 e. The first-order chi connectivity index (χ1) is 15.3. The highest BCUT2D eigenvalue weighted by molar-refractivity contribution is 7.91. The molecule has 0 bridgehead atoms. The number of anilines is 1. The molecular formula is C21H25ClN4O3S3. The molecule has 3 heterocycles. The minimum atomic E-state index is -3.79. The minimum absolute atomic E-state index is 0.168. The highest BCUT2D eigenvalue weighted by Gasteiger charge is 2.42. The molecule has 0 N–H and O–H groups in total. The van der Waals surface area contributed by atoms with E-state index in [0.29, 0.717) is 35.4 Å². The van der Waals surface area contributed by atoms with Crippen LogP contribution in [0.5, 0.6) is 0 Å². The topological polar surface area (TPSA) is 73.8 Å². The number of sulfonamides is 1. The second-order valence-electron chi connectivity index (χ2n) is 7.94. The van der Waals surface area contributed by atoms with Gasteiger partial charge in [0.1, 0.15) is 10.3 Å². The van der Waals surface area contributed by atoms with Crippen LogP contribution in [0.3, 0.4) is 0 Å². The monoisotopic (exact) mass is 512 g/mol. The maximum absolute atomic E-state index is 13.7. The van der Waals surface area contributed by atoms with Crippen LogP contribution < -0.4 is 4.90 Å². The number of carbonyl (C=O) groups is 1. The maximum atomic E-state index is 13.7. The van der Waals surface area contributed by atoms with Gasteiger partial charge in [-0.15, -0.1) is 11.3 Å². The van der Waals surface area contributed by atoms with Crippen LogP contribution in [0.25, 0.3) is 10.2 Å². The highest BCUT2D eigenvalue weighted by atomic mass is 35.5. The van der Waals surface area contributed by atoms with Crippen molar-refractivity contribution in [2.45, 2.75) is 29.5 Å². The van der Waals surface area contributed by atoms with E-state index in [1.807, 2.05) is 38.4 Å². The number of thiophene rings is 1. The Bertz CT molecular complexity index is 1170. The molecular weight excluding hydrogens is 488 g/mol. The van der Waals surface area contributed by atoms with E-state index in [1.54, 1.807) is 11.0 Å². The molecule has 1 amide bonds. The Labute approximate surface area is 201 Å². The molecule has 7 nitrogen and oxygen atoms in total. The van der Waals surface area contributed by atoms with Crippen molar-refractivity contribution in [1.29, 1.82) is 0 Å². The molecule has 0 aliphatic carbocycles. The van der Waals surface area contributed by atoms with Gasteiger partial charge in [0.15, 0.2) is 5.13 Å². The summed E-state index contributed by atoms with van der Waals surface area (Å²) in [6.07, 6.45) is 1.89. The van der Waals surface area contributed by atoms with Crippen LogP contribution in [0.4, 0.5) is 5.13 Å². The van der Waals surface area contributed by atoms with Crippen LogP contribution in [-0.2, 0) is 14.8 Å². The van der Waals surface area contributed by atoms with Crippen molar-refractivity contribution in [3.05, 3.63) is 40.7 Å². The highest BCUT2D eigenvalue weighted by Crippen LogP contribution is 2.35. The molecule has 0 spiro atoms. The van der Waals surface area contributed by atoms with Gasteiger partial charge in [-0.1, -0.05) is 35.1 Å². The van der Waals surface area contributed by atoms with Crippen LogP contribution in [0.1, 0.15) is 19.3 Å². The number of halogens is 1. The average molecular weight is 513 g/mol. The molecule has 3 aromatic rings. The third-order valence-corrected chi connectivity index (χ3v) is 10.0. The quantitative estimate of drug-likeness (QED) is 0.453. The Hall–Kier alpha value is -1.56. The van der Waals surface area contributed by atoms with Gasteiger partial charge in [-0.05, 0) is 64.2 Å². The molecule has 1 fully saturated rings. The van der Waals surface area contributed by atoms with E-state index in [2.05, 4.69) is 9.88 Å². The summed E-state index contributed by atoms with van der Waals surface area (Å²) in [4.78, 5) is 22.2. The van der Waals surface area contributed by atoms with E-state index in [9.17, 15) is 13.2 Å². The number of hydrogen-bond donors (Lipinski definition) is 0. The number of nitrogens with zero attached hydrogens (tertiary/aromatic N) is 4. The molecule has 1 aliphatic heterocycles. The Morgan fingerprint density at radius 1 is 1.19 bits per heavy atom. The summed E-state index contributed by atoms with van der Waals surface area (Å²) in [5.41, 5.74) is 0.835. The number of thiazole rings is 1. The molecule has 0 radical (unpaired) electrons. The SMILES string of the molecule is CN(C)CCCN(C(=O)C1CCCN1S(=O)(=O)c1ccc(Cl)s1)c1nc2ccccc2s1. The van der Waals surface area contributed by atoms with E-state index in [4.69, 9.17) is 11.6 Å². The van der Waals surface area contributed by atoms with Gasteiger partial charge in [-0.25, -0.2) is 13.4 Å². The number of para-hydroxylation sites is 1. The van der Waals surface area contributed by atoms with Crippen molar-refractivity contribution in [2.75, 3.05) is 38.6 Å². The number of aromatic nitrogens is 1. The normalized spacial score (nSPS) is 17.4. The molecule has 32 heavy (non-hydrogen) atoms. The Kier molecular flexibility index (Phi) is 7.18. The van der Waals surface area contributed by atoms with Gasteiger partial charge >= 0.3 is 0 Å². The van der Waals surface area contributed by atoms with Crippen LogP contribution in [-0.4, -0.2) is 68.3 Å². The lowest BCUT2D eigenvalue weighted by Gasteiger charge is -2.28. The fourth-order valence-corrected chi connectivity index (χ4v) is 8.09. The maximum Gasteiger partial charge on any atom is 0.253 e. The predicted molar refractivity (Wildman–Crippen MR) is 131 cm³/mol. The fraction of sp³-hybridized carbons (Fsp3) is 0.429. The summed E-state index contributed by atoms with van der Waals surface area (Å²) in [5.74, 6) is -0.216. The summed E-state index contributed by atoms with van der Waals surface area (Å²) in [6.45, 7) is 1.61. The fourth-order valence-electron chi connectivity index (χ4n) is 3.83. The Balaban J connectivity index is 1.64. The van der Waals surface area contributed by atoms with Crippen LogP contribution >= 0.6 is 34.3 Å². The number of amides is 1. The number of rotatable bonds is 8. The second kappa shape index (κ2) is 9.74. The number of benzene rings is 1. The van der Waals surface area contributed by atoms with Gasteiger partial charge in [-0.2, -0.15) is 4.31 Å². The van der Waals surface area contributed by atoms with Crippen LogP contribution in [0, 0.1) is 0 Å². The zero-order chi connectivity index (χ0) is 22.9. The number of carbonyl (C=O) groups excluding carboxylic acids is 1. The van der Waals surface area contributed by atoms with Crippen molar-refractivity contribution in [3.63, 3.8) is 0 Å². The van der Waals surface area contributed by atoms with Gasteiger partial charge in [0.05, 0.1) is 14.6 Å². The van der Waals surface area contributed by atoms with E-state index in [-0.39, 0.29) is 10.1 Å². The minimum Gasteiger partial charge on any atom is -0.309 e. The number of fused-ring (bicyclic) bond motifs is 1. The lowest BCUT2D eigenvalue weighted by atomic mass is 10.2. The van der Waals surface area contributed by atoms with Gasteiger partial charge in [0, 0.05) is 13.1 Å². The summed E-state index contributed by atoms with van der Waals surface area (Å²) in [7, 11) is 0.183. The van der Waals surface area contributed by atoms with Crippen molar-refractivity contribution in [3.8, 4) is 0 Å². The van der Waals surface area contributed by atoms with Crippen molar-refractivity contribution in [2.24, 2.45) is 0 Å². The molecule has 1 aliphatic rings. The molecule has 1 unspecified atom stereocenters. The molecule has 11 heteroatoms. The third-order valence-electron chi connectivity index (χ3n) is 5.37. The van der Waals surface area contributed by atoms with Gasteiger partial charge < -0.3 is 4.90 Å². The van der Waals surface area contributed by atoms with Crippen LogP contribution in [0.2, 0.25) is 4.34 Å². The third kappa shape index (κ3) is 4.85. The number of hydrogen-bond acceptors (Lipinski definition) is 7. The van der Waals surface area contributed by atoms with Gasteiger partial charge in [-0.3, -0.25) is 9.69 Å². The van der Waals surface area contributed by atoms with E-state index >= 15 is 0 Å². The van der Waals surface area contributed by atoms with Crippen molar-refractivity contribution in [1.82, 2.24) is 14.2 Å². The Morgan fingerprint density at radius 3 is 2.66 bits per heavy atom. The van der Waals surface area contributed by atoms with Gasteiger partial charge in [0.2, 0.25) is 5.91 Å². The first kappa shape index (κ1) is 23.6. The smallest absolute Gasteiger partial charge is 0.253 e. The zero-order valence-electron chi connectivity index (χ0n) is 17.9. The average Bonchev–Trinajstić information content (AvgIpc) is 3.49. The second-order valence-corrected chi connectivity index (χ2v) is 12.8. The molecule has 4 rings (SSSR count). The summed E-state index contributed by atoms with van der Waals surface area (Å²) in [5, 5.41) is 0.610. The first-order valence-corrected chi connectivity index (χ1v) is 13.8. The molecule has 172 valence electrons. The molecule has 1 saturated heterocycles. The Morgan fingerprint density at radius 2 is 1.97 bits per heavy atom. The first-order valence-electron chi connectivity index (χ1n) is 10.4. The van der Waals surface area contributed by atoms with E-state index in [1.165, 1.54) is 21.7 Å². The molecule has 1 aromatic carbocycles. The van der Waals surface area contributed by atoms with Crippen molar-refractivity contribution >= 4 is 65.6 Å². The molecule has 0 saturated carbocycles. The standard InChI is InChI=1S/C21H25ClN4O3S3/c1-24(2)12-6-13-25(21-23-15-7-3-4-9-17(15)30-21)20(27)16-8-5-14-26(16)32(28,29)19-11-10-18(22)31-19/h3-4,7,9-11,16H,5-6,8,12-14H2,1-2H3. The van der Waals surface area contributed by atoms with Crippen molar-refractivity contribution < 1.29 is 13.2 Å². The molecule has 1 atom stereocenters. The van der Waals surface area contributed by atoms with E-state index in [0.717, 1.165) is 34.5 Å². The lowest BCUT2D eigenvalue weighted by Crippen LogP contribution is -2.48. The zero-order valence-corrected chi connectivity index (χ0v) is 21.1. The lowest BCUT2D eigenvalue weighted by molar-refractivity contribution is -0.121. The molecule has 2 aromatic heterocycles.